The van der Waals surface area contributed by atoms with Gasteiger partial charge in [-0.1, -0.05) is 6.92 Å². The zero-order chi connectivity index (χ0) is 9.14. The van der Waals surface area contributed by atoms with Crippen LogP contribution in [0.5, 0.6) is 0 Å². The maximum absolute atomic E-state index is 9.63. The molecule has 0 aliphatic rings. The van der Waals surface area contributed by atoms with Crippen LogP contribution in [0.2, 0.25) is 0 Å². The Labute approximate surface area is 72.2 Å². The van der Waals surface area contributed by atoms with Crippen LogP contribution in [0.1, 0.15) is 24.5 Å². The molecule has 0 aliphatic carbocycles. The van der Waals surface area contributed by atoms with E-state index in [2.05, 4.69) is 0 Å². The van der Waals surface area contributed by atoms with Crippen LogP contribution in [0, 0.1) is 12.8 Å². The van der Waals surface area contributed by atoms with Gasteiger partial charge in [0.1, 0.15) is 17.6 Å². The molecule has 0 aliphatic heterocycles. The van der Waals surface area contributed by atoms with Crippen LogP contribution in [0.4, 0.5) is 0 Å². The molecule has 0 aromatic carbocycles. The van der Waals surface area contributed by atoms with Crippen molar-refractivity contribution in [3.63, 3.8) is 0 Å². The Balaban J connectivity index is 2.70. The number of furan rings is 1. The predicted molar refractivity (Wildman–Crippen MR) is 46.6 cm³/mol. The summed E-state index contributed by atoms with van der Waals surface area (Å²) in [6, 6.07) is 3.62. The van der Waals surface area contributed by atoms with Gasteiger partial charge < -0.3 is 15.3 Å². The molecule has 0 saturated heterocycles. The van der Waals surface area contributed by atoms with E-state index in [1.165, 1.54) is 0 Å². The van der Waals surface area contributed by atoms with Crippen molar-refractivity contribution in [1.82, 2.24) is 0 Å². The van der Waals surface area contributed by atoms with E-state index in [1.807, 2.05) is 19.9 Å². The maximum Gasteiger partial charge on any atom is 0.132 e. The molecule has 1 aromatic rings. The zero-order valence-electron chi connectivity index (χ0n) is 7.45. The Bertz CT molecular complexity index is 244. The lowest BCUT2D eigenvalue weighted by atomic mass is 10.0. The van der Waals surface area contributed by atoms with Gasteiger partial charge in [0.05, 0.1) is 0 Å². The molecule has 1 heterocycles. The van der Waals surface area contributed by atoms with Crippen molar-refractivity contribution >= 4 is 0 Å². The van der Waals surface area contributed by atoms with Gasteiger partial charge in [0.2, 0.25) is 0 Å². The normalized spacial score (nSPS) is 16.0. The molecule has 0 fully saturated rings. The minimum absolute atomic E-state index is 0.0375. The number of rotatable bonds is 3. The Morgan fingerprint density at radius 2 is 2.25 bits per heavy atom. The second-order valence-corrected chi connectivity index (χ2v) is 3.11. The molecule has 12 heavy (non-hydrogen) atoms. The summed E-state index contributed by atoms with van der Waals surface area (Å²) in [5.41, 5.74) is 5.42. The highest BCUT2D eigenvalue weighted by Gasteiger charge is 2.17. The first-order chi connectivity index (χ1) is 5.65. The zero-order valence-corrected chi connectivity index (χ0v) is 7.45. The maximum atomic E-state index is 9.63. The molecule has 0 saturated carbocycles. The molecule has 0 spiro atoms. The van der Waals surface area contributed by atoms with Crippen LogP contribution in [0.25, 0.3) is 0 Å². The molecule has 2 unspecified atom stereocenters. The van der Waals surface area contributed by atoms with Gasteiger partial charge >= 0.3 is 0 Å². The van der Waals surface area contributed by atoms with Crippen LogP contribution in [0.3, 0.4) is 0 Å². The lowest BCUT2D eigenvalue weighted by molar-refractivity contribution is 0.0970. The third-order valence-corrected chi connectivity index (χ3v) is 1.96. The number of hydrogen-bond acceptors (Lipinski definition) is 3. The average molecular weight is 169 g/mol. The fourth-order valence-electron chi connectivity index (χ4n) is 1.02. The van der Waals surface area contributed by atoms with Crippen molar-refractivity contribution in [1.29, 1.82) is 0 Å². The van der Waals surface area contributed by atoms with E-state index in [0.29, 0.717) is 12.3 Å². The molecular formula is C9H15NO2. The monoisotopic (exact) mass is 169 g/mol. The van der Waals surface area contributed by atoms with E-state index in [4.69, 9.17) is 10.2 Å². The van der Waals surface area contributed by atoms with Crippen LogP contribution < -0.4 is 5.73 Å². The van der Waals surface area contributed by atoms with Gasteiger partial charge in [-0.3, -0.25) is 0 Å². The molecule has 68 valence electrons. The van der Waals surface area contributed by atoms with Gasteiger partial charge in [0, 0.05) is 5.92 Å². The first kappa shape index (κ1) is 9.29. The molecule has 0 bridgehead atoms. The molecule has 0 radical (unpaired) electrons. The summed E-state index contributed by atoms with van der Waals surface area (Å²) >= 11 is 0. The minimum atomic E-state index is -0.580. The number of aryl methyl sites for hydroxylation is 1. The molecule has 3 nitrogen and oxygen atoms in total. The summed E-state index contributed by atoms with van der Waals surface area (Å²) in [5.74, 6) is 1.45. The number of nitrogens with two attached hydrogens (primary N) is 1. The van der Waals surface area contributed by atoms with Crippen molar-refractivity contribution in [3.05, 3.63) is 23.7 Å². The fraction of sp³-hybridized carbons (Fsp3) is 0.556. The van der Waals surface area contributed by atoms with E-state index in [-0.39, 0.29) is 5.92 Å². The van der Waals surface area contributed by atoms with Gasteiger partial charge in [-0.25, -0.2) is 0 Å². The van der Waals surface area contributed by atoms with Crippen LogP contribution in [-0.4, -0.2) is 11.7 Å². The van der Waals surface area contributed by atoms with Gasteiger partial charge in [-0.05, 0) is 25.6 Å². The van der Waals surface area contributed by atoms with Gasteiger partial charge in [-0.2, -0.15) is 0 Å². The summed E-state index contributed by atoms with van der Waals surface area (Å²) in [7, 11) is 0. The molecule has 3 N–H and O–H groups in total. The fourth-order valence-corrected chi connectivity index (χ4v) is 1.02. The summed E-state index contributed by atoms with van der Waals surface area (Å²) in [6.07, 6.45) is -0.580. The Kier molecular flexibility index (Phi) is 2.89. The molecule has 0 amide bonds. The largest absolute Gasteiger partial charge is 0.464 e. The standard InChI is InChI=1S/C9H15NO2/c1-6(5-10)9(11)8-4-3-7(2)12-8/h3-4,6,9,11H,5,10H2,1-2H3. The topological polar surface area (TPSA) is 59.4 Å². The van der Waals surface area contributed by atoms with E-state index >= 15 is 0 Å². The quantitative estimate of drug-likeness (QED) is 0.715. The summed E-state index contributed by atoms with van der Waals surface area (Å²) < 4.78 is 5.26. The molecule has 3 heteroatoms. The van der Waals surface area contributed by atoms with Crippen molar-refractivity contribution in [2.45, 2.75) is 20.0 Å². The Hall–Kier alpha value is -0.800. The summed E-state index contributed by atoms with van der Waals surface area (Å²) in [6.45, 7) is 4.20. The number of hydrogen-bond donors (Lipinski definition) is 2. The number of aliphatic hydroxyl groups is 1. The van der Waals surface area contributed by atoms with Crippen molar-refractivity contribution in [3.8, 4) is 0 Å². The van der Waals surface area contributed by atoms with Crippen LogP contribution in [0.15, 0.2) is 16.5 Å². The van der Waals surface area contributed by atoms with Crippen molar-refractivity contribution in [2.75, 3.05) is 6.54 Å². The van der Waals surface area contributed by atoms with Crippen LogP contribution >= 0.6 is 0 Å². The van der Waals surface area contributed by atoms with E-state index in [1.54, 1.807) is 6.07 Å². The lowest BCUT2D eigenvalue weighted by Gasteiger charge is -2.13. The van der Waals surface area contributed by atoms with E-state index in [9.17, 15) is 5.11 Å². The van der Waals surface area contributed by atoms with Crippen LogP contribution in [-0.2, 0) is 0 Å². The van der Waals surface area contributed by atoms with Gasteiger partial charge in [-0.15, -0.1) is 0 Å². The smallest absolute Gasteiger partial charge is 0.132 e. The van der Waals surface area contributed by atoms with Crippen molar-refractivity contribution < 1.29 is 9.52 Å². The Morgan fingerprint density at radius 1 is 1.58 bits per heavy atom. The van der Waals surface area contributed by atoms with E-state index in [0.717, 1.165) is 5.76 Å². The molecule has 2 atom stereocenters. The molecule has 1 aromatic heterocycles. The highest BCUT2D eigenvalue weighted by molar-refractivity contribution is 5.08. The first-order valence-corrected chi connectivity index (χ1v) is 4.09. The highest BCUT2D eigenvalue weighted by atomic mass is 16.4. The summed E-state index contributed by atoms with van der Waals surface area (Å²) in [4.78, 5) is 0. The summed E-state index contributed by atoms with van der Waals surface area (Å²) in [5, 5.41) is 9.63. The van der Waals surface area contributed by atoms with E-state index < -0.39 is 6.10 Å². The third-order valence-electron chi connectivity index (χ3n) is 1.96. The Morgan fingerprint density at radius 3 is 2.67 bits per heavy atom. The second kappa shape index (κ2) is 3.74. The molecule has 1 rings (SSSR count). The van der Waals surface area contributed by atoms with Gasteiger partial charge in [0.15, 0.2) is 0 Å². The lowest BCUT2D eigenvalue weighted by Crippen LogP contribution is -2.18. The van der Waals surface area contributed by atoms with Gasteiger partial charge in [0.25, 0.3) is 0 Å². The highest BCUT2D eigenvalue weighted by Crippen LogP contribution is 2.22. The third kappa shape index (κ3) is 1.87. The second-order valence-electron chi connectivity index (χ2n) is 3.11. The van der Waals surface area contributed by atoms with Crippen molar-refractivity contribution in [2.24, 2.45) is 11.7 Å². The predicted octanol–water partition coefficient (Wildman–Crippen LogP) is 1.22. The molecular weight excluding hydrogens is 154 g/mol. The SMILES string of the molecule is Cc1ccc(C(O)C(C)CN)o1. The average Bonchev–Trinajstić information content (AvgIpc) is 2.49. The first-order valence-electron chi connectivity index (χ1n) is 4.09. The number of aliphatic hydroxyl groups excluding tert-OH is 1. The minimum Gasteiger partial charge on any atom is -0.464 e.